The van der Waals surface area contributed by atoms with Crippen LogP contribution in [0.5, 0.6) is 5.75 Å². The van der Waals surface area contributed by atoms with E-state index in [-0.39, 0.29) is 29.4 Å². The molecule has 1 N–H and O–H groups in total. The zero-order valence-electron chi connectivity index (χ0n) is 17.3. The highest BCUT2D eigenvalue weighted by Crippen LogP contribution is 2.26. The predicted molar refractivity (Wildman–Crippen MR) is 124 cm³/mol. The molecule has 6 heteroatoms. The van der Waals surface area contributed by atoms with Crippen LogP contribution in [0.15, 0.2) is 47.6 Å². The second-order valence-corrected chi connectivity index (χ2v) is 7.25. The molecule has 0 fully saturated rings. The number of halogens is 1. The minimum atomic E-state index is -0.0823. The van der Waals surface area contributed by atoms with Crippen molar-refractivity contribution in [3.63, 3.8) is 0 Å². The average molecular weight is 484 g/mol. The van der Waals surface area contributed by atoms with E-state index in [1.807, 2.05) is 12.1 Å². The van der Waals surface area contributed by atoms with Crippen LogP contribution in [0.4, 0.5) is 0 Å². The van der Waals surface area contributed by atoms with E-state index < -0.39 is 0 Å². The molecule has 0 spiro atoms. The zero-order valence-corrected chi connectivity index (χ0v) is 19.7. The minimum Gasteiger partial charge on any atom is -0.497 e. The summed E-state index contributed by atoms with van der Waals surface area (Å²) >= 11 is 0. The van der Waals surface area contributed by atoms with E-state index in [4.69, 9.17) is 9.73 Å². The number of hydrogen-bond acceptors (Lipinski definition) is 2. The van der Waals surface area contributed by atoms with E-state index in [0.29, 0.717) is 6.54 Å². The number of benzene rings is 1. The van der Waals surface area contributed by atoms with Crippen LogP contribution in [-0.4, -0.2) is 42.7 Å². The van der Waals surface area contributed by atoms with E-state index in [2.05, 4.69) is 80.1 Å². The lowest BCUT2D eigenvalue weighted by Gasteiger charge is -2.27. The highest BCUT2D eigenvalue weighted by Gasteiger charge is 2.21. The lowest BCUT2D eigenvalue weighted by atomic mass is 9.84. The van der Waals surface area contributed by atoms with Gasteiger partial charge in [0.05, 0.1) is 20.2 Å². The molecule has 0 saturated heterocycles. The second-order valence-electron chi connectivity index (χ2n) is 7.25. The fraction of sp³-hybridized carbons (Fsp3) is 0.476. The number of aryl methyl sites for hydroxylation is 1. The number of ether oxygens (including phenoxy) is 1. The Bertz CT molecular complexity index is 739. The number of nitrogens with zero attached hydrogens (tertiary/aromatic N) is 3. The molecule has 0 bridgehead atoms. The smallest absolute Gasteiger partial charge is 0.194 e. The quantitative estimate of drug-likeness (QED) is 0.367. The van der Waals surface area contributed by atoms with Gasteiger partial charge in [0.2, 0.25) is 0 Å². The SMILES string of the molecule is CCNC(=NCC(C)(C)c1cccc(OC)c1)N(C)Cc1cccn1C.I. The molecule has 1 aromatic carbocycles. The fourth-order valence-corrected chi connectivity index (χ4v) is 2.86. The fourth-order valence-electron chi connectivity index (χ4n) is 2.86. The molecule has 0 aliphatic heterocycles. The van der Waals surface area contributed by atoms with Gasteiger partial charge in [0.25, 0.3) is 0 Å². The Morgan fingerprint density at radius 3 is 2.59 bits per heavy atom. The van der Waals surface area contributed by atoms with Crippen molar-refractivity contribution in [2.75, 3.05) is 27.2 Å². The molecule has 0 aliphatic rings. The Hall–Kier alpha value is -1.70. The van der Waals surface area contributed by atoms with Crippen molar-refractivity contribution in [1.82, 2.24) is 14.8 Å². The molecule has 0 saturated carbocycles. The maximum absolute atomic E-state index is 5.36. The van der Waals surface area contributed by atoms with Crippen LogP contribution in [0, 0.1) is 0 Å². The lowest BCUT2D eigenvalue weighted by molar-refractivity contribution is 0.412. The van der Waals surface area contributed by atoms with Crippen LogP contribution in [0.1, 0.15) is 32.0 Å². The molecule has 0 amide bonds. The van der Waals surface area contributed by atoms with Crippen LogP contribution in [0.2, 0.25) is 0 Å². The molecule has 0 radical (unpaired) electrons. The van der Waals surface area contributed by atoms with Crippen molar-refractivity contribution in [2.24, 2.45) is 12.0 Å². The first-order valence-corrected chi connectivity index (χ1v) is 9.11. The normalized spacial score (nSPS) is 11.7. The van der Waals surface area contributed by atoms with Gasteiger partial charge < -0.3 is 19.5 Å². The van der Waals surface area contributed by atoms with Gasteiger partial charge in [0, 0.05) is 37.9 Å². The van der Waals surface area contributed by atoms with Crippen LogP contribution < -0.4 is 10.1 Å². The van der Waals surface area contributed by atoms with Gasteiger partial charge in [-0.25, -0.2) is 0 Å². The maximum Gasteiger partial charge on any atom is 0.194 e. The van der Waals surface area contributed by atoms with Gasteiger partial charge in [-0.1, -0.05) is 26.0 Å². The minimum absolute atomic E-state index is 0. The highest BCUT2D eigenvalue weighted by molar-refractivity contribution is 14.0. The van der Waals surface area contributed by atoms with Gasteiger partial charge in [-0.05, 0) is 36.8 Å². The van der Waals surface area contributed by atoms with Gasteiger partial charge in [0.1, 0.15) is 5.75 Å². The van der Waals surface area contributed by atoms with E-state index >= 15 is 0 Å². The van der Waals surface area contributed by atoms with Crippen molar-refractivity contribution >= 4 is 29.9 Å². The zero-order chi connectivity index (χ0) is 19.2. The highest BCUT2D eigenvalue weighted by atomic mass is 127. The summed E-state index contributed by atoms with van der Waals surface area (Å²) < 4.78 is 7.50. The second kappa shape index (κ2) is 10.6. The van der Waals surface area contributed by atoms with Gasteiger partial charge in [-0.2, -0.15) is 0 Å². The molecule has 1 aromatic heterocycles. The van der Waals surface area contributed by atoms with Gasteiger partial charge in [0.15, 0.2) is 5.96 Å². The Morgan fingerprint density at radius 1 is 1.26 bits per heavy atom. The summed E-state index contributed by atoms with van der Waals surface area (Å²) in [5.41, 5.74) is 2.40. The summed E-state index contributed by atoms with van der Waals surface area (Å²) in [6.07, 6.45) is 2.07. The van der Waals surface area contributed by atoms with Gasteiger partial charge >= 0.3 is 0 Å². The number of rotatable bonds is 7. The van der Waals surface area contributed by atoms with E-state index in [9.17, 15) is 0 Å². The number of methoxy groups -OCH3 is 1. The summed E-state index contributed by atoms with van der Waals surface area (Å²) in [6.45, 7) is 8.88. The molecule has 0 atom stereocenters. The molecule has 150 valence electrons. The Morgan fingerprint density at radius 2 is 2.00 bits per heavy atom. The Balaban J connectivity index is 0.00000364. The lowest BCUT2D eigenvalue weighted by Crippen LogP contribution is -2.39. The molecule has 1 heterocycles. The number of nitrogens with one attached hydrogen (secondary N) is 1. The molecule has 0 unspecified atom stereocenters. The average Bonchev–Trinajstić information content (AvgIpc) is 3.03. The number of aliphatic imine (C=N–C) groups is 1. The van der Waals surface area contributed by atoms with Crippen molar-refractivity contribution in [2.45, 2.75) is 32.7 Å². The van der Waals surface area contributed by atoms with Crippen LogP contribution in [0.25, 0.3) is 0 Å². The van der Waals surface area contributed by atoms with E-state index in [0.717, 1.165) is 24.8 Å². The van der Waals surface area contributed by atoms with Crippen LogP contribution in [-0.2, 0) is 19.0 Å². The van der Waals surface area contributed by atoms with E-state index in [1.165, 1.54) is 11.3 Å². The maximum atomic E-state index is 5.36. The first kappa shape index (κ1) is 23.3. The third kappa shape index (κ3) is 6.45. The summed E-state index contributed by atoms with van der Waals surface area (Å²) in [6, 6.07) is 12.4. The molecule has 2 aromatic rings. The van der Waals surface area contributed by atoms with Crippen molar-refractivity contribution in [1.29, 1.82) is 0 Å². The Labute approximate surface area is 180 Å². The van der Waals surface area contributed by atoms with E-state index in [1.54, 1.807) is 7.11 Å². The summed E-state index contributed by atoms with van der Waals surface area (Å²) in [4.78, 5) is 7.08. The third-order valence-electron chi connectivity index (χ3n) is 4.62. The third-order valence-corrected chi connectivity index (χ3v) is 4.62. The van der Waals surface area contributed by atoms with Crippen molar-refractivity contribution in [3.05, 3.63) is 53.9 Å². The molecule has 5 nitrogen and oxygen atoms in total. The largest absolute Gasteiger partial charge is 0.497 e. The number of guanidine groups is 1. The molecular weight excluding hydrogens is 451 g/mol. The molecule has 27 heavy (non-hydrogen) atoms. The monoisotopic (exact) mass is 484 g/mol. The summed E-state index contributed by atoms with van der Waals surface area (Å²) in [5.74, 6) is 1.80. The Kier molecular flexibility index (Phi) is 9.15. The number of hydrogen-bond donors (Lipinski definition) is 1. The topological polar surface area (TPSA) is 41.8 Å². The van der Waals surface area contributed by atoms with Gasteiger partial charge in [-0.3, -0.25) is 4.99 Å². The first-order chi connectivity index (χ1) is 12.4. The predicted octanol–water partition coefficient (Wildman–Crippen LogP) is 4.03. The molecular formula is C21H33IN4O. The molecule has 0 aliphatic carbocycles. The number of aromatic nitrogens is 1. The van der Waals surface area contributed by atoms with Gasteiger partial charge in [-0.15, -0.1) is 24.0 Å². The standard InChI is InChI=1S/C21H32N4O.HI/c1-7-22-20(25(5)15-18-11-9-13-24(18)4)23-16-21(2,3)17-10-8-12-19(14-17)26-6;/h8-14H,7,15-16H2,1-6H3,(H,22,23);1H. The van der Waals surface area contributed by atoms with Crippen molar-refractivity contribution < 1.29 is 4.74 Å². The van der Waals surface area contributed by atoms with Crippen LogP contribution in [0.3, 0.4) is 0 Å². The van der Waals surface area contributed by atoms with Crippen molar-refractivity contribution in [3.8, 4) is 5.75 Å². The summed E-state index contributed by atoms with van der Waals surface area (Å²) in [5, 5.41) is 3.40. The summed E-state index contributed by atoms with van der Waals surface area (Å²) in [7, 11) is 5.85. The molecule has 2 rings (SSSR count). The van der Waals surface area contributed by atoms with Crippen LogP contribution >= 0.6 is 24.0 Å². The first-order valence-electron chi connectivity index (χ1n) is 9.11.